The molecule has 0 aromatic rings. The Morgan fingerprint density at radius 1 is 1.78 bits per heavy atom. The average Bonchev–Trinajstić information content (AvgIpc) is 1.83. The summed E-state index contributed by atoms with van der Waals surface area (Å²) >= 11 is 5.77. The van der Waals surface area contributed by atoms with Gasteiger partial charge in [-0.2, -0.15) is 0 Å². The molecule has 0 aromatic heterocycles. The van der Waals surface area contributed by atoms with Crippen LogP contribution in [0.1, 0.15) is 0 Å². The highest BCUT2D eigenvalue weighted by molar-refractivity contribution is 14.1. The van der Waals surface area contributed by atoms with E-state index in [2.05, 4.69) is 62.6 Å². The number of hydrogen-bond acceptors (Lipinski definition) is 1. The molecule has 0 saturated carbocycles. The van der Waals surface area contributed by atoms with Gasteiger partial charge in [-0.05, 0) is 44.6 Å². The molecule has 0 aromatic carbocycles. The van der Waals surface area contributed by atoms with E-state index in [0.717, 1.165) is 6.54 Å². The molecule has 0 atom stereocenters. The second-order valence-electron chi connectivity index (χ2n) is 1.92. The first-order valence-corrected chi connectivity index (χ1v) is 4.52. The molecule has 1 rings (SSSR count). The Kier molecular flexibility index (Phi) is 2.58. The minimum absolute atomic E-state index is 1.01. The van der Waals surface area contributed by atoms with Crippen LogP contribution in [0.15, 0.2) is 20.3 Å². The smallest absolute Gasteiger partial charge is 0.0941 e. The van der Waals surface area contributed by atoms with Crippen LogP contribution in [0.2, 0.25) is 0 Å². The Labute approximate surface area is 77.1 Å². The standard InChI is InChI=1S/C6H7BrIN/c1-9-4-2-3-5(8)6(9)7/h2-3H,4H2,1H3. The van der Waals surface area contributed by atoms with Crippen LogP contribution in [0.5, 0.6) is 0 Å². The maximum absolute atomic E-state index is 3.47. The molecule has 9 heavy (non-hydrogen) atoms. The Morgan fingerprint density at radius 2 is 2.44 bits per heavy atom. The van der Waals surface area contributed by atoms with Crippen LogP contribution in [0.25, 0.3) is 0 Å². The zero-order valence-electron chi connectivity index (χ0n) is 5.06. The van der Waals surface area contributed by atoms with Gasteiger partial charge in [0.1, 0.15) is 0 Å². The third-order valence-corrected chi connectivity index (χ3v) is 3.82. The molecule has 0 saturated heterocycles. The fraction of sp³-hybridized carbons (Fsp3) is 0.333. The Morgan fingerprint density at radius 3 is 2.89 bits per heavy atom. The molecule has 1 aliphatic rings. The summed E-state index contributed by atoms with van der Waals surface area (Å²) in [7, 11) is 2.06. The van der Waals surface area contributed by atoms with Crippen LogP contribution < -0.4 is 0 Å². The van der Waals surface area contributed by atoms with Crippen LogP contribution in [-0.4, -0.2) is 18.5 Å². The second kappa shape index (κ2) is 3.05. The van der Waals surface area contributed by atoms with Crippen molar-refractivity contribution in [1.29, 1.82) is 0 Å². The molecular formula is C6H7BrIN. The number of likely N-dealkylation sites (N-methyl/N-ethyl adjacent to an activating group) is 1. The van der Waals surface area contributed by atoms with E-state index in [0.29, 0.717) is 0 Å². The van der Waals surface area contributed by atoms with Gasteiger partial charge in [0.25, 0.3) is 0 Å². The lowest BCUT2D eigenvalue weighted by Crippen LogP contribution is -2.17. The van der Waals surface area contributed by atoms with Crippen LogP contribution in [-0.2, 0) is 0 Å². The number of halogens is 2. The van der Waals surface area contributed by atoms with E-state index >= 15 is 0 Å². The van der Waals surface area contributed by atoms with E-state index < -0.39 is 0 Å². The van der Waals surface area contributed by atoms with Crippen molar-refractivity contribution in [1.82, 2.24) is 4.90 Å². The van der Waals surface area contributed by atoms with Crippen molar-refractivity contribution in [2.75, 3.05) is 13.6 Å². The highest BCUT2D eigenvalue weighted by Crippen LogP contribution is 2.25. The second-order valence-corrected chi connectivity index (χ2v) is 3.83. The van der Waals surface area contributed by atoms with E-state index in [1.54, 1.807) is 0 Å². The highest BCUT2D eigenvalue weighted by atomic mass is 127. The number of nitrogens with zero attached hydrogens (tertiary/aromatic N) is 1. The quantitative estimate of drug-likeness (QED) is 0.491. The van der Waals surface area contributed by atoms with Gasteiger partial charge in [0.2, 0.25) is 0 Å². The molecule has 3 heteroatoms. The lowest BCUT2D eigenvalue weighted by Gasteiger charge is -2.20. The molecule has 50 valence electrons. The summed E-state index contributed by atoms with van der Waals surface area (Å²) in [4.78, 5) is 2.15. The van der Waals surface area contributed by atoms with Gasteiger partial charge in [0.15, 0.2) is 0 Å². The number of rotatable bonds is 0. The molecule has 1 nitrogen and oxygen atoms in total. The molecular weight excluding hydrogens is 293 g/mol. The summed E-state index contributed by atoms with van der Waals surface area (Å²) in [5, 5.41) is 0. The zero-order chi connectivity index (χ0) is 6.85. The Balaban J connectivity index is 2.83. The molecule has 0 amide bonds. The molecule has 0 bridgehead atoms. The van der Waals surface area contributed by atoms with Gasteiger partial charge in [-0.3, -0.25) is 0 Å². The summed E-state index contributed by atoms with van der Waals surface area (Å²) in [5.74, 6) is 0. The summed E-state index contributed by atoms with van der Waals surface area (Å²) in [6.45, 7) is 1.01. The predicted molar refractivity (Wildman–Crippen MR) is 51.7 cm³/mol. The predicted octanol–water partition coefficient (Wildman–Crippen LogP) is 2.49. The third kappa shape index (κ3) is 1.70. The minimum atomic E-state index is 1.01. The summed E-state index contributed by atoms with van der Waals surface area (Å²) in [6.07, 6.45) is 4.26. The molecule has 0 spiro atoms. The summed E-state index contributed by atoms with van der Waals surface area (Å²) < 4.78 is 2.45. The van der Waals surface area contributed by atoms with Crippen LogP contribution in [0, 0.1) is 0 Å². The lowest BCUT2D eigenvalue weighted by molar-refractivity contribution is 0.495. The van der Waals surface area contributed by atoms with Crippen molar-refractivity contribution < 1.29 is 0 Å². The number of allylic oxidation sites excluding steroid dienone is 2. The summed E-state index contributed by atoms with van der Waals surface area (Å²) in [6, 6.07) is 0. The van der Waals surface area contributed by atoms with Crippen molar-refractivity contribution >= 4 is 38.5 Å². The van der Waals surface area contributed by atoms with E-state index in [4.69, 9.17) is 0 Å². The lowest BCUT2D eigenvalue weighted by atomic mass is 10.4. The monoisotopic (exact) mass is 299 g/mol. The van der Waals surface area contributed by atoms with Crippen molar-refractivity contribution in [3.63, 3.8) is 0 Å². The van der Waals surface area contributed by atoms with Crippen LogP contribution in [0.4, 0.5) is 0 Å². The van der Waals surface area contributed by atoms with Crippen molar-refractivity contribution in [2.45, 2.75) is 0 Å². The molecule has 0 fully saturated rings. The largest absolute Gasteiger partial charge is 0.364 e. The van der Waals surface area contributed by atoms with Gasteiger partial charge in [-0.15, -0.1) is 0 Å². The summed E-state index contributed by atoms with van der Waals surface area (Å²) in [5.41, 5.74) is 0. The molecule has 0 N–H and O–H groups in total. The third-order valence-electron chi connectivity index (χ3n) is 1.18. The molecule has 1 aliphatic heterocycles. The maximum Gasteiger partial charge on any atom is 0.0941 e. The minimum Gasteiger partial charge on any atom is -0.364 e. The van der Waals surface area contributed by atoms with E-state index in [-0.39, 0.29) is 0 Å². The first-order chi connectivity index (χ1) is 4.22. The Hall–Kier alpha value is 0.490. The normalized spacial score (nSPS) is 19.2. The maximum atomic E-state index is 3.47. The van der Waals surface area contributed by atoms with Gasteiger partial charge in [0, 0.05) is 17.2 Å². The average molecular weight is 300 g/mol. The molecule has 0 unspecified atom stereocenters. The topological polar surface area (TPSA) is 3.24 Å². The van der Waals surface area contributed by atoms with E-state index in [1.165, 1.54) is 8.19 Å². The zero-order valence-corrected chi connectivity index (χ0v) is 8.81. The molecule has 0 radical (unpaired) electrons. The van der Waals surface area contributed by atoms with Crippen LogP contribution in [0.3, 0.4) is 0 Å². The fourth-order valence-corrected chi connectivity index (χ4v) is 1.59. The van der Waals surface area contributed by atoms with Gasteiger partial charge >= 0.3 is 0 Å². The first-order valence-electron chi connectivity index (χ1n) is 2.65. The van der Waals surface area contributed by atoms with Gasteiger partial charge in [-0.1, -0.05) is 6.08 Å². The van der Waals surface area contributed by atoms with Crippen molar-refractivity contribution in [3.05, 3.63) is 20.3 Å². The van der Waals surface area contributed by atoms with Crippen molar-refractivity contribution in [2.24, 2.45) is 0 Å². The van der Waals surface area contributed by atoms with E-state index in [9.17, 15) is 0 Å². The van der Waals surface area contributed by atoms with Gasteiger partial charge < -0.3 is 4.90 Å². The number of hydrogen-bond donors (Lipinski definition) is 0. The first kappa shape index (κ1) is 7.60. The van der Waals surface area contributed by atoms with Gasteiger partial charge in [-0.25, -0.2) is 0 Å². The van der Waals surface area contributed by atoms with E-state index in [1.807, 2.05) is 0 Å². The molecule has 0 aliphatic carbocycles. The highest BCUT2D eigenvalue weighted by Gasteiger charge is 2.06. The SMILES string of the molecule is CN1CC=CC(I)=C1Br. The van der Waals surface area contributed by atoms with Crippen molar-refractivity contribution in [3.8, 4) is 0 Å². The molecule has 1 heterocycles. The Bertz CT molecular complexity index is 174. The van der Waals surface area contributed by atoms with Gasteiger partial charge in [0.05, 0.1) is 4.61 Å². The van der Waals surface area contributed by atoms with Crippen LogP contribution >= 0.6 is 38.5 Å². The fourth-order valence-electron chi connectivity index (χ4n) is 0.646.